The molecule has 128 valence electrons. The van der Waals surface area contributed by atoms with Gasteiger partial charge in [0.1, 0.15) is 11.6 Å². The number of rotatable bonds is 5. The van der Waals surface area contributed by atoms with Crippen LogP contribution in [0.25, 0.3) is 10.9 Å². The van der Waals surface area contributed by atoms with Gasteiger partial charge in [-0.15, -0.1) is 0 Å². The second-order valence-electron chi connectivity index (χ2n) is 5.79. The summed E-state index contributed by atoms with van der Waals surface area (Å²) in [6, 6.07) is 15.2. The molecule has 0 aliphatic rings. The Morgan fingerprint density at radius 3 is 2.64 bits per heavy atom. The number of benzene rings is 2. The Balaban J connectivity index is 1.80. The Morgan fingerprint density at radius 2 is 1.92 bits per heavy atom. The fraction of sp³-hybridized carbons (Fsp3) is 0.200. The topological polar surface area (TPSA) is 51.2 Å². The molecule has 1 N–H and O–H groups in total. The van der Waals surface area contributed by atoms with Gasteiger partial charge in [0.2, 0.25) is 0 Å². The number of aromatic nitrogens is 1. The molecule has 3 aromatic rings. The summed E-state index contributed by atoms with van der Waals surface area (Å²) >= 11 is 0. The van der Waals surface area contributed by atoms with Gasteiger partial charge in [0.15, 0.2) is 6.10 Å². The molecular formula is C20H19FN2O2. The average Bonchev–Trinajstić information content (AvgIpc) is 2.61. The van der Waals surface area contributed by atoms with Crippen LogP contribution in [0.15, 0.2) is 54.6 Å². The van der Waals surface area contributed by atoms with E-state index in [1.807, 2.05) is 44.2 Å². The van der Waals surface area contributed by atoms with Crippen molar-refractivity contribution in [2.75, 3.05) is 5.32 Å². The number of carbonyl (C=O) groups excluding carboxylic acids is 1. The predicted octanol–water partition coefficient (Wildman–Crippen LogP) is 4.48. The second-order valence-corrected chi connectivity index (χ2v) is 5.79. The maximum Gasteiger partial charge on any atom is 0.265 e. The number of carbonyl (C=O) groups is 1. The molecule has 0 aliphatic carbocycles. The Labute approximate surface area is 145 Å². The fourth-order valence-electron chi connectivity index (χ4n) is 2.56. The quantitative estimate of drug-likeness (QED) is 0.746. The number of pyridine rings is 1. The molecule has 1 atom stereocenters. The highest BCUT2D eigenvalue weighted by molar-refractivity contribution is 6.02. The molecule has 0 spiro atoms. The zero-order valence-electron chi connectivity index (χ0n) is 14.1. The zero-order chi connectivity index (χ0) is 17.8. The van der Waals surface area contributed by atoms with Gasteiger partial charge in [0.25, 0.3) is 5.91 Å². The molecular weight excluding hydrogens is 319 g/mol. The summed E-state index contributed by atoms with van der Waals surface area (Å²) in [5.74, 6) is -0.153. The van der Waals surface area contributed by atoms with Crippen LogP contribution in [-0.2, 0) is 4.79 Å². The molecule has 0 saturated heterocycles. The summed E-state index contributed by atoms with van der Waals surface area (Å²) in [7, 11) is 0. The van der Waals surface area contributed by atoms with E-state index >= 15 is 0 Å². The molecule has 1 aromatic heterocycles. The van der Waals surface area contributed by atoms with Gasteiger partial charge in [-0.3, -0.25) is 9.78 Å². The Hall–Kier alpha value is -2.95. The SMILES string of the molecule is CCC(Oc1ccc(F)cc1)C(=O)Nc1cccc2ccc(C)nc12. The van der Waals surface area contributed by atoms with Gasteiger partial charge < -0.3 is 10.1 Å². The fourth-order valence-corrected chi connectivity index (χ4v) is 2.56. The van der Waals surface area contributed by atoms with Crippen molar-refractivity contribution >= 4 is 22.5 Å². The maximum absolute atomic E-state index is 13.0. The first-order valence-electron chi connectivity index (χ1n) is 8.16. The third-order valence-electron chi connectivity index (χ3n) is 3.87. The summed E-state index contributed by atoms with van der Waals surface area (Å²) in [4.78, 5) is 17.1. The minimum absolute atomic E-state index is 0.261. The first-order valence-corrected chi connectivity index (χ1v) is 8.16. The van der Waals surface area contributed by atoms with Crippen molar-refractivity contribution in [2.45, 2.75) is 26.4 Å². The van der Waals surface area contributed by atoms with E-state index < -0.39 is 6.10 Å². The third-order valence-corrected chi connectivity index (χ3v) is 3.87. The van der Waals surface area contributed by atoms with Crippen molar-refractivity contribution in [3.05, 3.63) is 66.1 Å². The van der Waals surface area contributed by atoms with E-state index in [4.69, 9.17) is 4.74 Å². The third kappa shape index (κ3) is 3.94. The zero-order valence-corrected chi connectivity index (χ0v) is 14.1. The molecule has 0 fully saturated rings. The van der Waals surface area contributed by atoms with Crippen molar-refractivity contribution in [3.8, 4) is 5.75 Å². The molecule has 0 radical (unpaired) electrons. The number of fused-ring (bicyclic) bond motifs is 1. The number of aryl methyl sites for hydroxylation is 1. The number of amides is 1. The molecule has 0 saturated carbocycles. The van der Waals surface area contributed by atoms with Crippen LogP contribution in [0.1, 0.15) is 19.0 Å². The monoisotopic (exact) mass is 338 g/mol. The van der Waals surface area contributed by atoms with E-state index in [0.717, 1.165) is 16.6 Å². The molecule has 2 aromatic carbocycles. The highest BCUT2D eigenvalue weighted by atomic mass is 19.1. The molecule has 1 unspecified atom stereocenters. The minimum Gasteiger partial charge on any atom is -0.481 e. The van der Waals surface area contributed by atoms with Crippen LogP contribution in [0, 0.1) is 12.7 Å². The molecule has 0 bridgehead atoms. The van der Waals surface area contributed by atoms with Crippen molar-refractivity contribution in [3.63, 3.8) is 0 Å². The van der Waals surface area contributed by atoms with Gasteiger partial charge in [0, 0.05) is 11.1 Å². The van der Waals surface area contributed by atoms with E-state index in [1.165, 1.54) is 24.3 Å². The predicted molar refractivity (Wildman–Crippen MR) is 96.2 cm³/mol. The second kappa shape index (κ2) is 7.30. The first-order chi connectivity index (χ1) is 12.1. The van der Waals surface area contributed by atoms with Crippen LogP contribution >= 0.6 is 0 Å². The summed E-state index contributed by atoms with van der Waals surface area (Å²) in [6.45, 7) is 3.77. The lowest BCUT2D eigenvalue weighted by Gasteiger charge is -2.18. The van der Waals surface area contributed by atoms with Gasteiger partial charge in [-0.1, -0.05) is 25.1 Å². The molecule has 3 rings (SSSR count). The number of ether oxygens (including phenoxy) is 1. The van der Waals surface area contributed by atoms with E-state index in [1.54, 1.807) is 0 Å². The van der Waals surface area contributed by atoms with Gasteiger partial charge in [0.05, 0.1) is 11.2 Å². The smallest absolute Gasteiger partial charge is 0.265 e. The van der Waals surface area contributed by atoms with E-state index in [0.29, 0.717) is 17.9 Å². The number of hydrogen-bond acceptors (Lipinski definition) is 3. The van der Waals surface area contributed by atoms with Gasteiger partial charge in [-0.05, 0) is 49.7 Å². The lowest BCUT2D eigenvalue weighted by Crippen LogP contribution is -2.32. The van der Waals surface area contributed by atoms with E-state index in [9.17, 15) is 9.18 Å². The van der Waals surface area contributed by atoms with E-state index in [-0.39, 0.29) is 11.7 Å². The van der Waals surface area contributed by atoms with Gasteiger partial charge in [-0.2, -0.15) is 0 Å². The molecule has 4 nitrogen and oxygen atoms in total. The van der Waals surface area contributed by atoms with Gasteiger partial charge >= 0.3 is 0 Å². The van der Waals surface area contributed by atoms with Crippen molar-refractivity contribution in [1.29, 1.82) is 0 Å². The van der Waals surface area contributed by atoms with Crippen LogP contribution in [0.3, 0.4) is 0 Å². The lowest BCUT2D eigenvalue weighted by molar-refractivity contribution is -0.122. The average molecular weight is 338 g/mol. The lowest BCUT2D eigenvalue weighted by atomic mass is 10.1. The standard InChI is InChI=1S/C20H19FN2O2/c1-3-18(25-16-11-9-15(21)10-12-16)20(24)23-17-6-4-5-14-8-7-13(2)22-19(14)17/h4-12,18H,3H2,1-2H3,(H,23,24). The number of anilines is 1. The highest BCUT2D eigenvalue weighted by Gasteiger charge is 2.19. The van der Waals surface area contributed by atoms with Crippen molar-refractivity contribution in [1.82, 2.24) is 4.98 Å². The van der Waals surface area contributed by atoms with Crippen LogP contribution < -0.4 is 10.1 Å². The molecule has 1 amide bonds. The van der Waals surface area contributed by atoms with E-state index in [2.05, 4.69) is 10.3 Å². The summed E-state index contributed by atoms with van der Waals surface area (Å²) < 4.78 is 18.7. The van der Waals surface area contributed by atoms with Gasteiger partial charge in [-0.25, -0.2) is 4.39 Å². The van der Waals surface area contributed by atoms with Crippen LogP contribution in [0.4, 0.5) is 10.1 Å². The molecule has 5 heteroatoms. The van der Waals surface area contributed by atoms with Crippen molar-refractivity contribution < 1.29 is 13.9 Å². The number of nitrogens with zero attached hydrogens (tertiary/aromatic N) is 1. The number of nitrogens with one attached hydrogen (secondary N) is 1. The largest absolute Gasteiger partial charge is 0.481 e. The first kappa shape index (κ1) is 16.9. The Morgan fingerprint density at radius 1 is 1.16 bits per heavy atom. The summed E-state index contributed by atoms with van der Waals surface area (Å²) in [5, 5.41) is 3.85. The van der Waals surface area contributed by atoms with Crippen LogP contribution in [0.2, 0.25) is 0 Å². The number of para-hydroxylation sites is 1. The van der Waals surface area contributed by atoms with Crippen LogP contribution in [0.5, 0.6) is 5.75 Å². The highest BCUT2D eigenvalue weighted by Crippen LogP contribution is 2.23. The Bertz CT molecular complexity index is 894. The minimum atomic E-state index is -0.675. The van der Waals surface area contributed by atoms with Crippen LogP contribution in [-0.4, -0.2) is 17.0 Å². The van der Waals surface area contributed by atoms with Crippen molar-refractivity contribution in [2.24, 2.45) is 0 Å². The Kier molecular flexibility index (Phi) is 4.93. The molecule has 1 heterocycles. The number of hydrogen-bond donors (Lipinski definition) is 1. The summed E-state index contributed by atoms with van der Waals surface area (Å²) in [5.41, 5.74) is 2.27. The summed E-state index contributed by atoms with van der Waals surface area (Å²) in [6.07, 6.45) is -0.189. The number of halogens is 1. The molecule has 25 heavy (non-hydrogen) atoms. The normalized spacial score (nSPS) is 12.0. The molecule has 0 aliphatic heterocycles. The maximum atomic E-state index is 13.0.